The molecule has 3 rings (SSSR count). The Balaban J connectivity index is 1.66. The minimum Gasteiger partial charge on any atom is -0.367 e. The van der Waals surface area contributed by atoms with Crippen molar-refractivity contribution in [3.05, 3.63) is 22.6 Å². The van der Waals surface area contributed by atoms with E-state index in [1.54, 1.807) is 6.20 Å². The van der Waals surface area contributed by atoms with E-state index >= 15 is 0 Å². The van der Waals surface area contributed by atoms with Crippen molar-refractivity contribution in [2.45, 2.75) is 25.7 Å². The summed E-state index contributed by atoms with van der Waals surface area (Å²) >= 11 is 3.20. The first kappa shape index (κ1) is 10.5. The van der Waals surface area contributed by atoms with Crippen molar-refractivity contribution < 1.29 is 4.39 Å². The van der Waals surface area contributed by atoms with E-state index in [1.165, 1.54) is 31.7 Å². The highest BCUT2D eigenvalue weighted by Crippen LogP contribution is 2.61. The average molecular weight is 285 g/mol. The van der Waals surface area contributed by atoms with E-state index in [2.05, 4.69) is 26.2 Å². The van der Waals surface area contributed by atoms with Gasteiger partial charge in [0, 0.05) is 17.2 Å². The smallest absolute Gasteiger partial charge is 0.166 e. The van der Waals surface area contributed by atoms with E-state index < -0.39 is 0 Å². The van der Waals surface area contributed by atoms with Gasteiger partial charge in [0.15, 0.2) is 11.6 Å². The summed E-state index contributed by atoms with van der Waals surface area (Å²) in [5.41, 5.74) is 0.473. The molecule has 0 aromatic carbocycles. The number of halogens is 2. The zero-order chi connectivity index (χ0) is 11.2. The van der Waals surface area contributed by atoms with Gasteiger partial charge in [0.05, 0.1) is 0 Å². The third kappa shape index (κ3) is 1.95. The van der Waals surface area contributed by atoms with Gasteiger partial charge >= 0.3 is 0 Å². The van der Waals surface area contributed by atoms with Gasteiger partial charge in [-0.05, 0) is 59.0 Å². The van der Waals surface area contributed by atoms with Gasteiger partial charge in [-0.25, -0.2) is 9.37 Å². The molecular weight excluding hydrogens is 271 g/mol. The maximum Gasteiger partial charge on any atom is 0.166 e. The first-order valence-electron chi connectivity index (χ1n) is 5.75. The Hall–Kier alpha value is -0.640. The predicted molar refractivity (Wildman–Crippen MR) is 64.8 cm³/mol. The molecule has 2 aliphatic carbocycles. The van der Waals surface area contributed by atoms with E-state index in [1.807, 2.05) is 0 Å². The Bertz CT molecular complexity index is 413. The van der Waals surface area contributed by atoms with Crippen molar-refractivity contribution in [2.24, 2.45) is 11.3 Å². The summed E-state index contributed by atoms with van der Waals surface area (Å²) in [5.74, 6) is 0.995. The molecule has 0 spiro atoms. The molecule has 0 unspecified atom stereocenters. The largest absolute Gasteiger partial charge is 0.367 e. The van der Waals surface area contributed by atoms with Gasteiger partial charge in [0.2, 0.25) is 0 Å². The Kier molecular flexibility index (Phi) is 2.42. The van der Waals surface area contributed by atoms with Crippen LogP contribution in [-0.4, -0.2) is 11.5 Å². The molecule has 1 aromatic rings. The van der Waals surface area contributed by atoms with Crippen molar-refractivity contribution in [1.29, 1.82) is 0 Å². The fourth-order valence-corrected chi connectivity index (χ4v) is 2.69. The molecule has 0 bridgehead atoms. The summed E-state index contributed by atoms with van der Waals surface area (Å²) in [6, 6.07) is 1.45. The summed E-state index contributed by atoms with van der Waals surface area (Å²) in [5, 5.41) is 3.16. The molecule has 4 heteroatoms. The second-order valence-corrected chi connectivity index (χ2v) is 5.89. The molecule has 2 saturated carbocycles. The van der Waals surface area contributed by atoms with E-state index in [9.17, 15) is 4.39 Å². The third-order valence-corrected chi connectivity index (χ3v) is 4.18. The molecule has 2 aliphatic rings. The Morgan fingerprint density at radius 1 is 1.50 bits per heavy atom. The first-order valence-corrected chi connectivity index (χ1v) is 6.54. The van der Waals surface area contributed by atoms with Crippen molar-refractivity contribution >= 4 is 21.7 Å². The van der Waals surface area contributed by atoms with Crippen LogP contribution in [0.2, 0.25) is 0 Å². The van der Waals surface area contributed by atoms with Gasteiger partial charge < -0.3 is 5.32 Å². The lowest BCUT2D eigenvalue weighted by atomic mass is 10.0. The number of pyridine rings is 1. The zero-order valence-electron chi connectivity index (χ0n) is 8.97. The molecule has 0 saturated heterocycles. The number of hydrogen-bond acceptors (Lipinski definition) is 2. The summed E-state index contributed by atoms with van der Waals surface area (Å²) in [4.78, 5) is 4.06. The van der Waals surface area contributed by atoms with Crippen molar-refractivity contribution in [1.82, 2.24) is 4.98 Å². The average Bonchev–Trinajstić information content (AvgIpc) is 3.11. The van der Waals surface area contributed by atoms with Gasteiger partial charge in [0.1, 0.15) is 0 Å². The van der Waals surface area contributed by atoms with E-state index in [-0.39, 0.29) is 5.82 Å². The third-order valence-electron chi connectivity index (χ3n) is 3.75. The summed E-state index contributed by atoms with van der Waals surface area (Å²) in [6.07, 6.45) is 6.93. The summed E-state index contributed by atoms with van der Waals surface area (Å²) in [7, 11) is 0. The molecule has 16 heavy (non-hydrogen) atoms. The second-order valence-electron chi connectivity index (χ2n) is 4.97. The number of nitrogens with zero attached hydrogens (tertiary/aromatic N) is 1. The van der Waals surface area contributed by atoms with Crippen LogP contribution >= 0.6 is 15.9 Å². The molecule has 86 valence electrons. The molecule has 0 atom stereocenters. The number of anilines is 1. The lowest BCUT2D eigenvalue weighted by Gasteiger charge is -2.15. The van der Waals surface area contributed by atoms with Crippen LogP contribution in [0.15, 0.2) is 16.7 Å². The Labute approximate surface area is 103 Å². The summed E-state index contributed by atoms with van der Waals surface area (Å²) in [6.45, 7) is 0.878. The molecule has 0 radical (unpaired) electrons. The number of aromatic nitrogens is 1. The number of hydrogen-bond donors (Lipinski definition) is 1. The van der Waals surface area contributed by atoms with Crippen LogP contribution in [0, 0.1) is 17.2 Å². The fourth-order valence-electron chi connectivity index (χ4n) is 2.39. The molecular formula is C12H14BrFN2. The van der Waals surface area contributed by atoms with Crippen molar-refractivity contribution in [3.63, 3.8) is 0 Å². The molecule has 2 fully saturated rings. The topological polar surface area (TPSA) is 24.9 Å². The molecule has 2 nitrogen and oxygen atoms in total. The quantitative estimate of drug-likeness (QED) is 0.914. The maximum atomic E-state index is 13.5. The highest BCUT2D eigenvalue weighted by molar-refractivity contribution is 9.10. The van der Waals surface area contributed by atoms with Gasteiger partial charge in [0.25, 0.3) is 0 Å². The zero-order valence-corrected chi connectivity index (χ0v) is 10.6. The predicted octanol–water partition coefficient (Wildman–Crippen LogP) is 3.59. The highest BCUT2D eigenvalue weighted by Gasteiger charge is 2.53. The molecule has 0 aliphatic heterocycles. The Morgan fingerprint density at radius 3 is 2.81 bits per heavy atom. The minimum absolute atomic E-state index is 0.277. The highest BCUT2D eigenvalue weighted by atomic mass is 79.9. The standard InChI is InChI=1S/C12H14BrFN2/c13-9-5-10(14)11(15-6-9)16-7-12(3-4-12)8-1-2-8/h5-6,8H,1-4,7H2,(H,15,16). The minimum atomic E-state index is -0.277. The number of rotatable bonds is 4. The van der Waals surface area contributed by atoms with Crippen LogP contribution in [0.3, 0.4) is 0 Å². The van der Waals surface area contributed by atoms with Gasteiger partial charge in [-0.15, -0.1) is 0 Å². The van der Waals surface area contributed by atoms with Crippen LogP contribution in [-0.2, 0) is 0 Å². The lowest BCUT2D eigenvalue weighted by molar-refractivity contribution is 0.464. The summed E-state index contributed by atoms with van der Waals surface area (Å²) < 4.78 is 14.2. The second kappa shape index (κ2) is 3.69. The molecule has 0 amide bonds. The van der Waals surface area contributed by atoms with Gasteiger partial charge in [-0.2, -0.15) is 0 Å². The van der Waals surface area contributed by atoms with Crippen molar-refractivity contribution in [3.8, 4) is 0 Å². The van der Waals surface area contributed by atoms with Gasteiger partial charge in [-0.1, -0.05) is 0 Å². The van der Waals surface area contributed by atoms with E-state index in [0.717, 1.165) is 12.5 Å². The molecule has 1 aromatic heterocycles. The monoisotopic (exact) mass is 284 g/mol. The normalized spacial score (nSPS) is 21.9. The van der Waals surface area contributed by atoms with Gasteiger partial charge in [-0.3, -0.25) is 0 Å². The van der Waals surface area contributed by atoms with E-state index in [4.69, 9.17) is 0 Å². The van der Waals surface area contributed by atoms with E-state index in [0.29, 0.717) is 15.7 Å². The van der Waals surface area contributed by atoms with Crippen LogP contribution in [0.4, 0.5) is 10.2 Å². The van der Waals surface area contributed by atoms with Crippen LogP contribution < -0.4 is 5.32 Å². The lowest BCUT2D eigenvalue weighted by Crippen LogP contribution is -2.18. The van der Waals surface area contributed by atoms with Crippen LogP contribution in [0.25, 0.3) is 0 Å². The fraction of sp³-hybridized carbons (Fsp3) is 0.583. The number of nitrogens with one attached hydrogen (secondary N) is 1. The van der Waals surface area contributed by atoms with Crippen LogP contribution in [0.5, 0.6) is 0 Å². The van der Waals surface area contributed by atoms with Crippen LogP contribution in [0.1, 0.15) is 25.7 Å². The molecule has 1 heterocycles. The maximum absolute atomic E-state index is 13.5. The Morgan fingerprint density at radius 2 is 2.25 bits per heavy atom. The molecule has 1 N–H and O–H groups in total. The first-order chi connectivity index (χ1) is 7.70. The van der Waals surface area contributed by atoms with Crippen molar-refractivity contribution in [2.75, 3.05) is 11.9 Å². The SMILES string of the molecule is Fc1cc(Br)cnc1NCC1(C2CC2)CC1.